The normalized spacial score (nSPS) is 10.4. The summed E-state index contributed by atoms with van der Waals surface area (Å²) in [6.07, 6.45) is 5.42. The highest BCUT2D eigenvalue weighted by molar-refractivity contribution is 9.08. The van der Waals surface area contributed by atoms with Gasteiger partial charge in [0.15, 0.2) is 0 Å². The Kier molecular flexibility index (Phi) is 2.58. The third-order valence-electron chi connectivity index (χ3n) is 1.77. The first-order chi connectivity index (χ1) is 6.79. The topological polar surface area (TPSA) is 43.6 Å². The van der Waals surface area contributed by atoms with Crippen LogP contribution in [0, 0.1) is 6.92 Å². The van der Waals surface area contributed by atoms with Crippen LogP contribution in [0.1, 0.15) is 11.3 Å². The van der Waals surface area contributed by atoms with E-state index in [2.05, 4.69) is 31.0 Å². The molecule has 0 saturated heterocycles. The van der Waals surface area contributed by atoms with Crippen molar-refractivity contribution in [2.75, 3.05) is 0 Å². The van der Waals surface area contributed by atoms with Crippen molar-refractivity contribution in [1.29, 1.82) is 0 Å². The smallest absolute Gasteiger partial charge is 0.219 e. The van der Waals surface area contributed by atoms with Crippen LogP contribution in [0.25, 0.3) is 5.95 Å². The van der Waals surface area contributed by atoms with Crippen LogP contribution >= 0.6 is 15.9 Å². The second-order valence-electron chi connectivity index (χ2n) is 2.93. The van der Waals surface area contributed by atoms with Crippen molar-refractivity contribution >= 4 is 15.9 Å². The lowest BCUT2D eigenvalue weighted by molar-refractivity contribution is 0.794. The van der Waals surface area contributed by atoms with Crippen molar-refractivity contribution in [1.82, 2.24) is 19.7 Å². The van der Waals surface area contributed by atoms with Gasteiger partial charge in [0, 0.05) is 23.9 Å². The molecule has 0 aromatic carbocycles. The van der Waals surface area contributed by atoms with E-state index in [0.717, 1.165) is 16.6 Å². The number of halogens is 1. The average molecular weight is 253 g/mol. The van der Waals surface area contributed by atoms with Gasteiger partial charge in [-0.2, -0.15) is 5.10 Å². The van der Waals surface area contributed by atoms with E-state index >= 15 is 0 Å². The van der Waals surface area contributed by atoms with E-state index in [-0.39, 0.29) is 0 Å². The quantitative estimate of drug-likeness (QED) is 0.767. The zero-order valence-corrected chi connectivity index (χ0v) is 9.27. The van der Waals surface area contributed by atoms with Crippen molar-refractivity contribution in [2.45, 2.75) is 12.3 Å². The van der Waals surface area contributed by atoms with E-state index in [9.17, 15) is 0 Å². The molecule has 0 unspecified atom stereocenters. The summed E-state index contributed by atoms with van der Waals surface area (Å²) in [5, 5.41) is 4.99. The van der Waals surface area contributed by atoms with Crippen LogP contribution in [0.15, 0.2) is 24.7 Å². The minimum absolute atomic E-state index is 0.600. The summed E-state index contributed by atoms with van der Waals surface area (Å²) in [7, 11) is 0. The highest BCUT2D eigenvalue weighted by atomic mass is 79.9. The number of hydrogen-bond donors (Lipinski definition) is 0. The molecule has 0 radical (unpaired) electrons. The maximum Gasteiger partial charge on any atom is 0.250 e. The molecule has 4 nitrogen and oxygen atoms in total. The molecule has 2 rings (SSSR count). The Morgan fingerprint density at radius 3 is 2.57 bits per heavy atom. The van der Waals surface area contributed by atoms with Crippen molar-refractivity contribution in [3.63, 3.8) is 0 Å². The maximum absolute atomic E-state index is 4.22. The first kappa shape index (κ1) is 9.33. The van der Waals surface area contributed by atoms with Gasteiger partial charge in [0.2, 0.25) is 5.95 Å². The Balaban J connectivity index is 2.33. The average Bonchev–Trinajstić information content (AvgIpc) is 2.65. The van der Waals surface area contributed by atoms with E-state index in [4.69, 9.17) is 0 Å². The Morgan fingerprint density at radius 1 is 1.36 bits per heavy atom. The van der Waals surface area contributed by atoms with Crippen LogP contribution in [-0.4, -0.2) is 19.7 Å². The molecule has 2 aromatic heterocycles. The number of hydrogen-bond acceptors (Lipinski definition) is 3. The maximum atomic E-state index is 4.22. The molecule has 72 valence electrons. The molecule has 0 atom stereocenters. The van der Waals surface area contributed by atoms with Crippen molar-refractivity contribution in [3.05, 3.63) is 35.9 Å². The number of rotatable bonds is 2. The lowest BCUT2D eigenvalue weighted by Gasteiger charge is -1.99. The first-order valence-corrected chi connectivity index (χ1v) is 5.31. The van der Waals surface area contributed by atoms with Gasteiger partial charge in [-0.05, 0) is 18.6 Å². The molecular formula is C9H9BrN4. The van der Waals surface area contributed by atoms with Crippen LogP contribution in [0.2, 0.25) is 0 Å². The minimum Gasteiger partial charge on any atom is -0.219 e. The van der Waals surface area contributed by atoms with Gasteiger partial charge in [-0.25, -0.2) is 14.6 Å². The monoisotopic (exact) mass is 252 g/mol. The van der Waals surface area contributed by atoms with Gasteiger partial charge in [-0.1, -0.05) is 15.9 Å². The fraction of sp³-hybridized carbons (Fsp3) is 0.222. The van der Waals surface area contributed by atoms with Crippen molar-refractivity contribution < 1.29 is 0 Å². The van der Waals surface area contributed by atoms with Crippen LogP contribution in [-0.2, 0) is 5.33 Å². The minimum atomic E-state index is 0.600. The Hall–Kier alpha value is -1.23. The van der Waals surface area contributed by atoms with Gasteiger partial charge >= 0.3 is 0 Å². The number of alkyl halides is 1. The summed E-state index contributed by atoms with van der Waals surface area (Å²) in [5.74, 6) is 0.600. The summed E-state index contributed by atoms with van der Waals surface area (Å²) >= 11 is 3.34. The van der Waals surface area contributed by atoms with Crippen LogP contribution in [0.4, 0.5) is 0 Å². The first-order valence-electron chi connectivity index (χ1n) is 4.19. The summed E-state index contributed by atoms with van der Waals surface area (Å²) < 4.78 is 1.66. The largest absolute Gasteiger partial charge is 0.250 e. The van der Waals surface area contributed by atoms with Gasteiger partial charge < -0.3 is 0 Å². The molecule has 2 heterocycles. The molecule has 2 aromatic rings. The SMILES string of the molecule is Cc1ccn(-c2ncc(CBr)cn2)n1. The van der Waals surface area contributed by atoms with Crippen LogP contribution in [0.3, 0.4) is 0 Å². The van der Waals surface area contributed by atoms with E-state index in [0.29, 0.717) is 5.95 Å². The number of aromatic nitrogens is 4. The van der Waals surface area contributed by atoms with Crippen molar-refractivity contribution in [3.8, 4) is 5.95 Å². The molecule has 0 aliphatic rings. The standard InChI is InChI=1S/C9H9BrN4/c1-7-2-3-14(13-7)9-11-5-8(4-10)6-12-9/h2-3,5-6H,4H2,1H3. The summed E-state index contributed by atoms with van der Waals surface area (Å²) in [6.45, 7) is 1.93. The Bertz CT molecular complexity index is 421. The van der Waals surface area contributed by atoms with E-state index in [1.807, 2.05) is 19.2 Å². The molecule has 14 heavy (non-hydrogen) atoms. The van der Waals surface area contributed by atoms with E-state index in [1.165, 1.54) is 0 Å². The molecule has 0 N–H and O–H groups in total. The van der Waals surface area contributed by atoms with Gasteiger partial charge in [0.05, 0.1) is 5.69 Å². The third-order valence-corrected chi connectivity index (χ3v) is 2.42. The van der Waals surface area contributed by atoms with E-state index in [1.54, 1.807) is 17.1 Å². The second kappa shape index (κ2) is 3.88. The zero-order valence-electron chi connectivity index (χ0n) is 7.68. The van der Waals surface area contributed by atoms with Gasteiger partial charge in [0.25, 0.3) is 0 Å². The molecule has 0 spiro atoms. The Labute approximate surface area is 90.1 Å². The molecule has 0 amide bonds. The second-order valence-corrected chi connectivity index (χ2v) is 3.49. The highest BCUT2D eigenvalue weighted by Crippen LogP contribution is 2.04. The predicted octanol–water partition coefficient (Wildman–Crippen LogP) is 1.87. The van der Waals surface area contributed by atoms with Crippen molar-refractivity contribution in [2.24, 2.45) is 0 Å². The number of nitrogens with zero attached hydrogens (tertiary/aromatic N) is 4. The molecule has 0 bridgehead atoms. The zero-order chi connectivity index (χ0) is 9.97. The molecular weight excluding hydrogens is 244 g/mol. The van der Waals surface area contributed by atoms with Crippen LogP contribution < -0.4 is 0 Å². The lowest BCUT2D eigenvalue weighted by Crippen LogP contribution is -2.01. The predicted molar refractivity (Wildman–Crippen MR) is 56.5 cm³/mol. The summed E-state index contributed by atoms with van der Waals surface area (Å²) in [4.78, 5) is 8.38. The fourth-order valence-corrected chi connectivity index (χ4v) is 1.35. The van der Waals surface area contributed by atoms with Gasteiger partial charge in [-0.3, -0.25) is 0 Å². The fourth-order valence-electron chi connectivity index (χ4n) is 1.06. The summed E-state index contributed by atoms with van der Waals surface area (Å²) in [6, 6.07) is 1.92. The third kappa shape index (κ3) is 1.82. The van der Waals surface area contributed by atoms with E-state index < -0.39 is 0 Å². The molecule has 0 aliphatic heterocycles. The number of aryl methyl sites for hydroxylation is 1. The van der Waals surface area contributed by atoms with Gasteiger partial charge in [-0.15, -0.1) is 0 Å². The molecule has 5 heteroatoms. The Morgan fingerprint density at radius 2 is 2.07 bits per heavy atom. The lowest BCUT2D eigenvalue weighted by atomic mass is 10.4. The van der Waals surface area contributed by atoms with Gasteiger partial charge in [0.1, 0.15) is 0 Å². The van der Waals surface area contributed by atoms with Crippen LogP contribution in [0.5, 0.6) is 0 Å². The molecule has 0 saturated carbocycles. The molecule has 0 fully saturated rings. The highest BCUT2D eigenvalue weighted by Gasteiger charge is 2.00. The summed E-state index contributed by atoms with van der Waals surface area (Å²) in [5.41, 5.74) is 2.01. The molecule has 0 aliphatic carbocycles.